The summed E-state index contributed by atoms with van der Waals surface area (Å²) in [5.41, 5.74) is 5.64. The van der Waals surface area contributed by atoms with Gasteiger partial charge in [0.05, 0.1) is 0 Å². The molecule has 0 amide bonds. The van der Waals surface area contributed by atoms with Gasteiger partial charge >= 0.3 is 0 Å². The van der Waals surface area contributed by atoms with Gasteiger partial charge in [0.25, 0.3) is 0 Å². The molecule has 0 bridgehead atoms. The number of fused-ring (bicyclic) bond motifs is 1. The molecule has 4 rings (SSSR count). The van der Waals surface area contributed by atoms with E-state index in [0.29, 0.717) is 5.92 Å². The number of hydrogen-bond acceptors (Lipinski definition) is 1. The minimum atomic E-state index is 0.645. The molecule has 1 saturated heterocycles. The predicted molar refractivity (Wildman–Crippen MR) is 97.1 cm³/mol. The van der Waals surface area contributed by atoms with Gasteiger partial charge in [-0.1, -0.05) is 42.5 Å². The Bertz CT molecular complexity index is 810. The number of nitrogens with zero attached hydrogens (tertiary/aromatic N) is 1. The summed E-state index contributed by atoms with van der Waals surface area (Å²) in [5, 5.41) is 4.98. The van der Waals surface area contributed by atoms with E-state index in [1.165, 1.54) is 47.0 Å². The minimum Gasteiger partial charge on any atom is -0.343 e. The van der Waals surface area contributed by atoms with Crippen LogP contribution < -0.4 is 5.32 Å². The van der Waals surface area contributed by atoms with Crippen molar-refractivity contribution in [3.8, 4) is 0 Å². The lowest BCUT2D eigenvalue weighted by molar-refractivity contribution is 0.463. The molecule has 23 heavy (non-hydrogen) atoms. The second-order valence-corrected chi connectivity index (χ2v) is 6.70. The van der Waals surface area contributed by atoms with Crippen LogP contribution in [0.5, 0.6) is 0 Å². The van der Waals surface area contributed by atoms with Crippen LogP contribution in [-0.4, -0.2) is 17.7 Å². The molecule has 2 aromatic carbocycles. The van der Waals surface area contributed by atoms with E-state index >= 15 is 0 Å². The van der Waals surface area contributed by atoms with Crippen molar-refractivity contribution in [1.29, 1.82) is 0 Å². The Morgan fingerprint density at radius 2 is 1.91 bits per heavy atom. The monoisotopic (exact) mass is 304 g/mol. The number of piperidine rings is 1. The van der Waals surface area contributed by atoms with Gasteiger partial charge in [0.15, 0.2) is 0 Å². The molecule has 2 heteroatoms. The molecule has 3 aromatic rings. The van der Waals surface area contributed by atoms with E-state index in [-0.39, 0.29) is 0 Å². The number of para-hydroxylation sites is 1. The molecule has 1 N–H and O–H groups in total. The topological polar surface area (TPSA) is 17.0 Å². The minimum absolute atomic E-state index is 0.645. The van der Waals surface area contributed by atoms with E-state index in [2.05, 4.69) is 71.5 Å². The summed E-state index contributed by atoms with van der Waals surface area (Å²) >= 11 is 0. The van der Waals surface area contributed by atoms with Gasteiger partial charge in [-0.15, -0.1) is 0 Å². The fraction of sp³-hybridized carbons (Fsp3) is 0.333. The van der Waals surface area contributed by atoms with Gasteiger partial charge < -0.3 is 9.88 Å². The first-order chi connectivity index (χ1) is 11.3. The quantitative estimate of drug-likeness (QED) is 0.755. The third-order valence-corrected chi connectivity index (χ3v) is 5.16. The molecule has 118 valence electrons. The van der Waals surface area contributed by atoms with Crippen LogP contribution in [0.1, 0.15) is 35.4 Å². The summed E-state index contributed by atoms with van der Waals surface area (Å²) in [5.74, 6) is 0.645. The highest BCUT2D eigenvalue weighted by Crippen LogP contribution is 2.32. The van der Waals surface area contributed by atoms with Crippen LogP contribution in [-0.2, 0) is 6.54 Å². The lowest BCUT2D eigenvalue weighted by Crippen LogP contribution is -2.28. The Hall–Kier alpha value is -2.06. The van der Waals surface area contributed by atoms with Crippen molar-refractivity contribution < 1.29 is 0 Å². The summed E-state index contributed by atoms with van der Waals surface area (Å²) in [6.07, 6.45) is 4.97. The average molecular weight is 304 g/mol. The van der Waals surface area contributed by atoms with Crippen LogP contribution in [0.25, 0.3) is 10.9 Å². The molecule has 0 aliphatic carbocycles. The molecule has 1 atom stereocenters. The lowest BCUT2D eigenvalue weighted by atomic mass is 9.91. The molecule has 1 aromatic heterocycles. The Balaban J connectivity index is 1.76. The van der Waals surface area contributed by atoms with Crippen LogP contribution in [0.15, 0.2) is 54.7 Å². The molecule has 1 fully saturated rings. The van der Waals surface area contributed by atoms with Crippen molar-refractivity contribution in [2.75, 3.05) is 13.1 Å². The van der Waals surface area contributed by atoms with Gasteiger partial charge in [0.1, 0.15) is 0 Å². The number of nitrogens with one attached hydrogen (secondary N) is 1. The van der Waals surface area contributed by atoms with Crippen molar-refractivity contribution in [2.24, 2.45) is 0 Å². The van der Waals surface area contributed by atoms with E-state index in [1.807, 2.05) is 0 Å². The first kappa shape index (κ1) is 14.5. The molecule has 0 saturated carbocycles. The maximum atomic E-state index is 3.56. The Morgan fingerprint density at radius 1 is 1.09 bits per heavy atom. The van der Waals surface area contributed by atoms with Crippen LogP contribution in [0.2, 0.25) is 0 Å². The molecule has 1 aliphatic heterocycles. The summed E-state index contributed by atoms with van der Waals surface area (Å²) < 4.78 is 2.43. The first-order valence-corrected chi connectivity index (χ1v) is 8.66. The third-order valence-electron chi connectivity index (χ3n) is 5.16. The molecule has 2 heterocycles. The molecular weight excluding hydrogens is 280 g/mol. The van der Waals surface area contributed by atoms with Crippen molar-refractivity contribution >= 4 is 10.9 Å². The maximum Gasteiger partial charge on any atom is 0.0486 e. The molecule has 0 radical (unpaired) electrons. The summed E-state index contributed by atoms with van der Waals surface area (Å²) in [6, 6.07) is 17.6. The highest BCUT2D eigenvalue weighted by atomic mass is 15.0. The zero-order valence-corrected chi connectivity index (χ0v) is 13.8. The summed E-state index contributed by atoms with van der Waals surface area (Å²) in [6.45, 7) is 5.43. The zero-order chi connectivity index (χ0) is 15.6. The van der Waals surface area contributed by atoms with Crippen molar-refractivity contribution in [3.05, 3.63) is 71.4 Å². The maximum absolute atomic E-state index is 3.56. The second-order valence-electron chi connectivity index (χ2n) is 6.70. The Kier molecular flexibility index (Phi) is 3.92. The van der Waals surface area contributed by atoms with Gasteiger partial charge in [-0.05, 0) is 55.0 Å². The first-order valence-electron chi connectivity index (χ1n) is 8.66. The van der Waals surface area contributed by atoms with E-state index in [1.54, 1.807) is 0 Å². The van der Waals surface area contributed by atoms with Crippen LogP contribution >= 0.6 is 0 Å². The van der Waals surface area contributed by atoms with Crippen molar-refractivity contribution in [3.63, 3.8) is 0 Å². The van der Waals surface area contributed by atoms with Gasteiger partial charge in [-0.3, -0.25) is 0 Å². The molecule has 0 spiro atoms. The standard InChI is InChI=1S/C21H24N2/c1-16-7-2-3-8-18(16)14-23-15-20(17-9-6-12-22-13-17)19-10-4-5-11-21(19)23/h2-5,7-8,10-11,15,17,22H,6,9,12-14H2,1H3. The number of benzene rings is 2. The Labute approximate surface area is 138 Å². The molecule has 1 aliphatic rings. The van der Waals surface area contributed by atoms with E-state index in [0.717, 1.165) is 13.1 Å². The zero-order valence-electron chi connectivity index (χ0n) is 13.8. The van der Waals surface area contributed by atoms with Crippen LogP contribution in [0.4, 0.5) is 0 Å². The van der Waals surface area contributed by atoms with E-state index in [9.17, 15) is 0 Å². The SMILES string of the molecule is Cc1ccccc1Cn1cc(C2CCCNC2)c2ccccc21. The van der Waals surface area contributed by atoms with Gasteiger partial charge in [-0.2, -0.15) is 0 Å². The van der Waals surface area contributed by atoms with Gasteiger partial charge in [0, 0.05) is 30.2 Å². The number of aryl methyl sites for hydroxylation is 1. The molecule has 1 unspecified atom stereocenters. The molecule has 2 nitrogen and oxygen atoms in total. The predicted octanol–water partition coefficient (Wildman–Crippen LogP) is 4.47. The second kappa shape index (κ2) is 6.21. The van der Waals surface area contributed by atoms with Gasteiger partial charge in [-0.25, -0.2) is 0 Å². The number of hydrogen-bond donors (Lipinski definition) is 1. The van der Waals surface area contributed by atoms with Crippen molar-refractivity contribution in [2.45, 2.75) is 32.2 Å². The van der Waals surface area contributed by atoms with Crippen LogP contribution in [0.3, 0.4) is 0 Å². The molecular formula is C21H24N2. The largest absolute Gasteiger partial charge is 0.343 e. The summed E-state index contributed by atoms with van der Waals surface area (Å²) in [4.78, 5) is 0. The van der Waals surface area contributed by atoms with Gasteiger partial charge in [0.2, 0.25) is 0 Å². The number of aromatic nitrogens is 1. The highest BCUT2D eigenvalue weighted by Gasteiger charge is 2.20. The summed E-state index contributed by atoms with van der Waals surface area (Å²) in [7, 11) is 0. The third kappa shape index (κ3) is 2.79. The highest BCUT2D eigenvalue weighted by molar-refractivity contribution is 5.84. The lowest BCUT2D eigenvalue weighted by Gasteiger charge is -2.22. The number of rotatable bonds is 3. The van der Waals surface area contributed by atoms with Crippen LogP contribution in [0, 0.1) is 6.92 Å². The fourth-order valence-corrected chi connectivity index (χ4v) is 3.82. The van der Waals surface area contributed by atoms with E-state index in [4.69, 9.17) is 0 Å². The fourth-order valence-electron chi connectivity index (χ4n) is 3.82. The Morgan fingerprint density at radius 3 is 2.74 bits per heavy atom. The van der Waals surface area contributed by atoms with Crippen molar-refractivity contribution in [1.82, 2.24) is 9.88 Å². The average Bonchev–Trinajstić information content (AvgIpc) is 2.97. The normalized spacial score (nSPS) is 18.4. The van der Waals surface area contributed by atoms with E-state index < -0.39 is 0 Å². The smallest absolute Gasteiger partial charge is 0.0486 e.